The average Bonchev–Trinajstić information content (AvgIpc) is 3.37. The van der Waals surface area contributed by atoms with Gasteiger partial charge in [0.2, 0.25) is 11.8 Å². The van der Waals surface area contributed by atoms with E-state index in [-0.39, 0.29) is 23.7 Å². The zero-order valence-corrected chi connectivity index (χ0v) is 28.6. The number of ether oxygens (including phenoxy) is 3. The highest BCUT2D eigenvalue weighted by Gasteiger charge is 2.41. The Morgan fingerprint density at radius 1 is 0.938 bits per heavy atom. The van der Waals surface area contributed by atoms with Crippen LogP contribution >= 0.6 is 0 Å². The van der Waals surface area contributed by atoms with Crippen molar-refractivity contribution in [1.82, 2.24) is 15.5 Å². The van der Waals surface area contributed by atoms with E-state index < -0.39 is 23.6 Å². The molecule has 2 aliphatic heterocycles. The molecule has 2 atom stereocenters. The Labute approximate surface area is 282 Å². The second-order valence-corrected chi connectivity index (χ2v) is 13.5. The van der Waals surface area contributed by atoms with Crippen molar-refractivity contribution in [1.29, 1.82) is 0 Å². The number of piperidine rings is 1. The summed E-state index contributed by atoms with van der Waals surface area (Å²) in [5, 5.41) is 17.8. The van der Waals surface area contributed by atoms with E-state index in [9.17, 15) is 24.3 Å². The van der Waals surface area contributed by atoms with Crippen molar-refractivity contribution in [3.8, 4) is 5.75 Å². The van der Waals surface area contributed by atoms with Gasteiger partial charge in [0.15, 0.2) is 0 Å². The summed E-state index contributed by atoms with van der Waals surface area (Å²) in [5.41, 5.74) is 2.03. The van der Waals surface area contributed by atoms with Crippen molar-refractivity contribution >= 4 is 29.5 Å². The number of fused-ring (bicyclic) bond motifs is 1. The van der Waals surface area contributed by atoms with Gasteiger partial charge in [-0.2, -0.15) is 0 Å². The highest BCUT2D eigenvalue weighted by molar-refractivity contribution is 6.06. The molecule has 262 valence electrons. The summed E-state index contributed by atoms with van der Waals surface area (Å²) in [6.07, 6.45) is 3.43. The van der Waals surface area contributed by atoms with Crippen LogP contribution in [0.25, 0.3) is 0 Å². The molecule has 4 amide bonds. The molecular formula is C36H50N4O8. The summed E-state index contributed by atoms with van der Waals surface area (Å²) < 4.78 is 17.4. The van der Waals surface area contributed by atoms with Crippen LogP contribution in [0.4, 0.5) is 10.5 Å². The van der Waals surface area contributed by atoms with Crippen molar-refractivity contribution in [3.05, 3.63) is 59.2 Å². The number of carboxylic acid groups (broad SMARTS) is 1. The summed E-state index contributed by atoms with van der Waals surface area (Å²) in [6, 6.07) is 12.5. The van der Waals surface area contributed by atoms with Crippen LogP contribution in [0.5, 0.6) is 5.75 Å². The number of benzene rings is 2. The summed E-state index contributed by atoms with van der Waals surface area (Å²) in [7, 11) is 0. The summed E-state index contributed by atoms with van der Waals surface area (Å²) in [4.78, 5) is 49.8. The van der Waals surface area contributed by atoms with Gasteiger partial charge in [0.05, 0.1) is 32.0 Å². The standard InChI is InChI=1S/C36H50N4O8/c1-35(2,3)36(4,39-34(44)45)25-11-9-12-26(23-25)48-19-8-6-5-7-18-46-21-22-47-20-17-37-29-14-10-13-27-28(29)24-40(33(27)43)30-15-16-31(41)38-32(30)42/h9-14,23,30,37,39H,5-8,15-22,24H2,1-4H3,(H,44,45)(H,38,41,42). The fourth-order valence-electron chi connectivity index (χ4n) is 5.98. The molecule has 2 aromatic carbocycles. The number of amides is 4. The monoisotopic (exact) mass is 666 g/mol. The largest absolute Gasteiger partial charge is 0.494 e. The van der Waals surface area contributed by atoms with Gasteiger partial charge < -0.3 is 34.9 Å². The maximum Gasteiger partial charge on any atom is 0.405 e. The van der Waals surface area contributed by atoms with Crippen molar-refractivity contribution in [2.24, 2.45) is 5.41 Å². The first-order chi connectivity index (χ1) is 22.9. The lowest BCUT2D eigenvalue weighted by Crippen LogP contribution is -2.52. The van der Waals surface area contributed by atoms with E-state index in [1.165, 1.54) is 0 Å². The minimum atomic E-state index is -1.06. The number of carbonyl (C=O) groups excluding carboxylic acids is 3. The van der Waals surface area contributed by atoms with E-state index in [0.717, 1.165) is 48.2 Å². The number of hydrogen-bond donors (Lipinski definition) is 4. The summed E-state index contributed by atoms with van der Waals surface area (Å²) in [5.74, 6) is -0.179. The zero-order valence-electron chi connectivity index (χ0n) is 28.6. The van der Waals surface area contributed by atoms with Crippen molar-refractivity contribution in [2.45, 2.75) is 84.3 Å². The normalized spacial score (nSPS) is 17.5. The third-order valence-corrected chi connectivity index (χ3v) is 9.24. The van der Waals surface area contributed by atoms with Gasteiger partial charge in [-0.1, -0.05) is 45.4 Å². The van der Waals surface area contributed by atoms with Gasteiger partial charge in [-0.3, -0.25) is 19.7 Å². The van der Waals surface area contributed by atoms with Crippen LogP contribution in [0, 0.1) is 5.41 Å². The molecule has 1 fully saturated rings. The van der Waals surface area contributed by atoms with Gasteiger partial charge in [-0.15, -0.1) is 0 Å². The van der Waals surface area contributed by atoms with E-state index >= 15 is 0 Å². The number of imide groups is 1. The first-order valence-electron chi connectivity index (χ1n) is 16.8. The van der Waals surface area contributed by atoms with E-state index in [1.807, 2.05) is 64.1 Å². The molecular weight excluding hydrogens is 616 g/mol. The lowest BCUT2D eigenvalue weighted by atomic mass is 9.70. The van der Waals surface area contributed by atoms with Crippen LogP contribution in [0.2, 0.25) is 0 Å². The van der Waals surface area contributed by atoms with E-state index in [4.69, 9.17) is 14.2 Å². The molecule has 0 spiro atoms. The third kappa shape index (κ3) is 9.47. The second kappa shape index (κ2) is 16.8. The number of nitrogens with one attached hydrogen (secondary N) is 3. The lowest BCUT2D eigenvalue weighted by molar-refractivity contribution is -0.136. The quantitative estimate of drug-likeness (QED) is 0.126. The Hall–Kier alpha value is -4.16. The van der Waals surface area contributed by atoms with Gasteiger partial charge in [0.1, 0.15) is 11.8 Å². The number of rotatable bonds is 18. The fourth-order valence-corrected chi connectivity index (χ4v) is 5.98. The fraction of sp³-hybridized carbons (Fsp3) is 0.556. The van der Waals surface area contributed by atoms with Crippen LogP contribution < -0.4 is 20.7 Å². The minimum Gasteiger partial charge on any atom is -0.494 e. The SMILES string of the molecule is CC(C)(C)C(C)(NC(=O)O)c1cccc(OCCCCCCOCCOCCNc2cccc3c2CN(C2CCC(=O)NC2=O)C3=O)c1. The molecule has 12 nitrogen and oxygen atoms in total. The van der Waals surface area contributed by atoms with Gasteiger partial charge in [-0.25, -0.2) is 4.79 Å². The van der Waals surface area contributed by atoms with Gasteiger partial charge in [0, 0.05) is 42.9 Å². The number of carbonyl (C=O) groups is 4. The number of nitrogens with zero attached hydrogens (tertiary/aromatic N) is 1. The lowest BCUT2D eigenvalue weighted by Gasteiger charge is -2.42. The molecule has 2 heterocycles. The molecule has 0 radical (unpaired) electrons. The molecule has 48 heavy (non-hydrogen) atoms. The molecule has 0 bridgehead atoms. The van der Waals surface area contributed by atoms with Crippen LogP contribution in [-0.2, 0) is 31.1 Å². The zero-order chi connectivity index (χ0) is 34.7. The molecule has 1 saturated heterocycles. The van der Waals surface area contributed by atoms with E-state index in [1.54, 1.807) is 11.0 Å². The molecule has 0 aliphatic carbocycles. The van der Waals surface area contributed by atoms with Crippen LogP contribution in [0.1, 0.15) is 87.7 Å². The Morgan fingerprint density at radius 2 is 1.65 bits per heavy atom. The summed E-state index contributed by atoms with van der Waals surface area (Å²) in [6.45, 7) is 11.5. The minimum absolute atomic E-state index is 0.191. The summed E-state index contributed by atoms with van der Waals surface area (Å²) >= 11 is 0. The topological polar surface area (TPSA) is 156 Å². The van der Waals surface area contributed by atoms with Gasteiger partial charge in [0.25, 0.3) is 5.91 Å². The maximum atomic E-state index is 13.0. The highest BCUT2D eigenvalue weighted by atomic mass is 16.5. The number of hydrogen-bond acceptors (Lipinski definition) is 8. The van der Waals surface area contributed by atoms with Crippen LogP contribution in [0.3, 0.4) is 0 Å². The first-order valence-corrected chi connectivity index (χ1v) is 16.8. The molecule has 2 aliphatic rings. The predicted molar refractivity (Wildman–Crippen MR) is 181 cm³/mol. The Bertz CT molecular complexity index is 1440. The molecule has 0 aromatic heterocycles. The van der Waals surface area contributed by atoms with Gasteiger partial charge in [-0.05, 0) is 67.9 Å². The highest BCUT2D eigenvalue weighted by Crippen LogP contribution is 2.40. The van der Waals surface area contributed by atoms with Crippen molar-refractivity contribution < 1.29 is 38.5 Å². The third-order valence-electron chi connectivity index (χ3n) is 9.24. The molecule has 2 aromatic rings. The Kier molecular flexibility index (Phi) is 12.8. The smallest absolute Gasteiger partial charge is 0.405 e. The van der Waals surface area contributed by atoms with E-state index in [0.29, 0.717) is 58.1 Å². The maximum absolute atomic E-state index is 13.0. The Morgan fingerprint density at radius 3 is 2.35 bits per heavy atom. The predicted octanol–water partition coefficient (Wildman–Crippen LogP) is 5.06. The van der Waals surface area contributed by atoms with Crippen LogP contribution in [-0.4, -0.2) is 79.4 Å². The van der Waals surface area contributed by atoms with Crippen LogP contribution in [0.15, 0.2) is 42.5 Å². The molecule has 4 rings (SSSR count). The number of anilines is 1. The van der Waals surface area contributed by atoms with E-state index in [2.05, 4.69) is 16.0 Å². The Balaban J connectivity index is 1.04. The second-order valence-electron chi connectivity index (χ2n) is 13.5. The molecule has 0 saturated carbocycles. The molecule has 4 N–H and O–H groups in total. The molecule has 2 unspecified atom stereocenters. The van der Waals surface area contributed by atoms with Crippen molar-refractivity contribution in [2.75, 3.05) is 44.9 Å². The van der Waals surface area contributed by atoms with Gasteiger partial charge >= 0.3 is 6.09 Å². The van der Waals surface area contributed by atoms with Crippen molar-refractivity contribution in [3.63, 3.8) is 0 Å². The first kappa shape index (κ1) is 36.7. The average molecular weight is 667 g/mol. The number of unbranched alkanes of at least 4 members (excludes halogenated alkanes) is 3. The molecule has 12 heteroatoms.